The highest BCUT2D eigenvalue weighted by Crippen LogP contribution is 2.34. The average Bonchev–Trinajstić information content (AvgIpc) is 3.15. The number of aryl methyl sites for hydroxylation is 1. The van der Waals surface area contributed by atoms with Crippen molar-refractivity contribution in [1.82, 2.24) is 10.1 Å². The molecule has 28 heavy (non-hydrogen) atoms. The maximum Gasteiger partial charge on any atom is 0.260 e. The number of carbonyl (C=O) groups is 1. The summed E-state index contributed by atoms with van der Waals surface area (Å²) in [7, 11) is 0. The smallest absolute Gasteiger partial charge is 0.260 e. The Morgan fingerprint density at radius 2 is 1.75 bits per heavy atom. The second-order valence-electron chi connectivity index (χ2n) is 6.63. The lowest BCUT2D eigenvalue weighted by atomic mass is 9.99. The molecule has 6 nitrogen and oxygen atoms in total. The number of nitrogens with zero attached hydrogens (tertiary/aromatic N) is 2. The lowest BCUT2D eigenvalue weighted by Crippen LogP contribution is -2.42. The molecule has 1 aliphatic rings. The second kappa shape index (κ2) is 8.27. The van der Waals surface area contributed by atoms with Gasteiger partial charge in [0.05, 0.1) is 18.8 Å². The summed E-state index contributed by atoms with van der Waals surface area (Å²) in [5, 5.41) is 4.24. The summed E-state index contributed by atoms with van der Waals surface area (Å²) in [5.74, 6) is 1.40. The minimum Gasteiger partial charge on any atom is -0.484 e. The molecular formula is C22H22N2O4. The van der Waals surface area contributed by atoms with Crippen molar-refractivity contribution < 1.29 is 18.8 Å². The molecular weight excluding hydrogens is 356 g/mol. The Kier molecular flexibility index (Phi) is 5.39. The molecule has 0 atom stereocenters. The van der Waals surface area contributed by atoms with E-state index in [1.165, 1.54) is 0 Å². The van der Waals surface area contributed by atoms with Crippen LogP contribution in [0.25, 0.3) is 22.4 Å². The molecule has 6 heteroatoms. The molecule has 0 N–H and O–H groups in total. The third-order valence-electron chi connectivity index (χ3n) is 4.78. The van der Waals surface area contributed by atoms with Gasteiger partial charge in [-0.1, -0.05) is 35.5 Å². The number of hydrogen-bond acceptors (Lipinski definition) is 5. The highest BCUT2D eigenvalue weighted by atomic mass is 16.5. The number of hydrogen-bond donors (Lipinski definition) is 0. The van der Waals surface area contributed by atoms with Crippen LogP contribution in [-0.4, -0.2) is 48.9 Å². The van der Waals surface area contributed by atoms with Crippen LogP contribution in [0.4, 0.5) is 0 Å². The normalized spacial score (nSPS) is 14.1. The Bertz CT molecular complexity index is 929. The predicted octanol–water partition coefficient (Wildman–Crippen LogP) is 3.55. The molecule has 2 aromatic carbocycles. The highest BCUT2D eigenvalue weighted by Gasteiger charge is 2.18. The van der Waals surface area contributed by atoms with Crippen molar-refractivity contribution in [1.29, 1.82) is 0 Å². The third-order valence-corrected chi connectivity index (χ3v) is 4.78. The first-order valence-corrected chi connectivity index (χ1v) is 9.33. The van der Waals surface area contributed by atoms with Crippen LogP contribution in [0.3, 0.4) is 0 Å². The van der Waals surface area contributed by atoms with Gasteiger partial charge in [-0.25, -0.2) is 0 Å². The van der Waals surface area contributed by atoms with E-state index in [1.54, 1.807) is 4.90 Å². The largest absolute Gasteiger partial charge is 0.484 e. The molecule has 0 radical (unpaired) electrons. The van der Waals surface area contributed by atoms with E-state index in [4.69, 9.17) is 14.0 Å². The van der Waals surface area contributed by atoms with E-state index in [1.807, 2.05) is 61.5 Å². The maximum atomic E-state index is 12.2. The number of morpholine rings is 1. The minimum absolute atomic E-state index is 0.0223. The van der Waals surface area contributed by atoms with Crippen LogP contribution in [0.15, 0.2) is 59.1 Å². The van der Waals surface area contributed by atoms with Crippen molar-refractivity contribution in [2.45, 2.75) is 6.92 Å². The van der Waals surface area contributed by atoms with Gasteiger partial charge < -0.3 is 18.9 Å². The first kappa shape index (κ1) is 18.3. The van der Waals surface area contributed by atoms with Gasteiger partial charge in [0.25, 0.3) is 5.91 Å². The molecule has 0 bridgehead atoms. The average molecular weight is 378 g/mol. The summed E-state index contributed by atoms with van der Waals surface area (Å²) in [6, 6.07) is 17.6. The van der Waals surface area contributed by atoms with E-state index < -0.39 is 0 Å². The number of ether oxygens (including phenoxy) is 2. The van der Waals surface area contributed by atoms with E-state index in [2.05, 4.69) is 5.16 Å². The van der Waals surface area contributed by atoms with Gasteiger partial charge in [-0.2, -0.15) is 0 Å². The minimum atomic E-state index is -0.0223. The second-order valence-corrected chi connectivity index (χ2v) is 6.63. The van der Waals surface area contributed by atoms with Crippen LogP contribution in [0.5, 0.6) is 5.75 Å². The zero-order chi connectivity index (χ0) is 19.3. The molecule has 1 saturated heterocycles. The zero-order valence-electron chi connectivity index (χ0n) is 15.8. The topological polar surface area (TPSA) is 64.8 Å². The summed E-state index contributed by atoms with van der Waals surface area (Å²) in [5.41, 5.74) is 3.77. The van der Waals surface area contributed by atoms with Gasteiger partial charge in [0.2, 0.25) is 0 Å². The fraction of sp³-hybridized carbons (Fsp3) is 0.273. The number of aromatic nitrogens is 1. The van der Waals surface area contributed by atoms with Crippen molar-refractivity contribution >= 4 is 5.91 Å². The molecule has 2 heterocycles. The molecule has 3 aromatic rings. The Hall–Kier alpha value is -3.12. The van der Waals surface area contributed by atoms with Crippen LogP contribution in [-0.2, 0) is 9.53 Å². The fourth-order valence-electron chi connectivity index (χ4n) is 3.27. The van der Waals surface area contributed by atoms with E-state index in [0.29, 0.717) is 32.1 Å². The lowest BCUT2D eigenvalue weighted by Gasteiger charge is -2.26. The van der Waals surface area contributed by atoms with Gasteiger partial charge in [0.15, 0.2) is 6.61 Å². The summed E-state index contributed by atoms with van der Waals surface area (Å²) < 4.78 is 16.4. The summed E-state index contributed by atoms with van der Waals surface area (Å²) in [6.07, 6.45) is 0. The van der Waals surface area contributed by atoms with Gasteiger partial charge in [-0.3, -0.25) is 4.79 Å². The quantitative estimate of drug-likeness (QED) is 0.679. The van der Waals surface area contributed by atoms with Gasteiger partial charge in [-0.15, -0.1) is 0 Å². The van der Waals surface area contributed by atoms with Crippen LogP contribution >= 0.6 is 0 Å². The third kappa shape index (κ3) is 3.92. The fourth-order valence-corrected chi connectivity index (χ4v) is 3.27. The van der Waals surface area contributed by atoms with Crippen molar-refractivity contribution in [2.24, 2.45) is 0 Å². The molecule has 1 aromatic heterocycles. The highest BCUT2D eigenvalue weighted by molar-refractivity contribution is 5.82. The molecule has 1 aliphatic heterocycles. The van der Waals surface area contributed by atoms with Crippen LogP contribution < -0.4 is 4.74 Å². The SMILES string of the molecule is Cc1onc(-c2ccc(OCC(=O)N3CCOCC3)cc2)c1-c1ccccc1. The molecule has 0 unspecified atom stereocenters. The number of carbonyl (C=O) groups excluding carboxylic acids is 1. The molecule has 0 spiro atoms. The van der Waals surface area contributed by atoms with Crippen molar-refractivity contribution in [3.8, 4) is 28.1 Å². The molecule has 1 amide bonds. The van der Waals surface area contributed by atoms with E-state index in [0.717, 1.165) is 28.1 Å². The van der Waals surface area contributed by atoms with Crippen LogP contribution in [0.2, 0.25) is 0 Å². The Labute approximate surface area is 163 Å². The van der Waals surface area contributed by atoms with Crippen molar-refractivity contribution in [3.63, 3.8) is 0 Å². The van der Waals surface area contributed by atoms with Gasteiger partial charge in [0, 0.05) is 18.7 Å². The van der Waals surface area contributed by atoms with E-state index in [9.17, 15) is 4.79 Å². The number of rotatable bonds is 5. The van der Waals surface area contributed by atoms with Gasteiger partial charge in [0.1, 0.15) is 17.2 Å². The molecule has 0 aliphatic carbocycles. The molecule has 4 rings (SSSR count). The summed E-state index contributed by atoms with van der Waals surface area (Å²) in [4.78, 5) is 14.0. The first-order valence-electron chi connectivity index (χ1n) is 9.33. The lowest BCUT2D eigenvalue weighted by molar-refractivity contribution is -0.137. The monoisotopic (exact) mass is 378 g/mol. The molecule has 144 valence electrons. The standard InChI is InChI=1S/C22H22N2O4/c1-16-21(17-5-3-2-4-6-17)22(23-28-16)18-7-9-19(10-8-18)27-15-20(25)24-11-13-26-14-12-24/h2-10H,11-15H2,1H3. The summed E-state index contributed by atoms with van der Waals surface area (Å²) in [6.45, 7) is 4.34. The van der Waals surface area contributed by atoms with E-state index >= 15 is 0 Å². The first-order chi connectivity index (χ1) is 13.7. The van der Waals surface area contributed by atoms with Crippen molar-refractivity contribution in [2.75, 3.05) is 32.9 Å². The van der Waals surface area contributed by atoms with Gasteiger partial charge in [-0.05, 0) is 36.8 Å². The van der Waals surface area contributed by atoms with E-state index in [-0.39, 0.29) is 12.5 Å². The Balaban J connectivity index is 1.46. The molecule has 1 fully saturated rings. The number of amides is 1. The van der Waals surface area contributed by atoms with Crippen LogP contribution in [0, 0.1) is 6.92 Å². The summed E-state index contributed by atoms with van der Waals surface area (Å²) >= 11 is 0. The maximum absolute atomic E-state index is 12.2. The van der Waals surface area contributed by atoms with Crippen LogP contribution in [0.1, 0.15) is 5.76 Å². The Morgan fingerprint density at radius 1 is 1.04 bits per heavy atom. The predicted molar refractivity (Wildman–Crippen MR) is 105 cm³/mol. The number of benzene rings is 2. The van der Waals surface area contributed by atoms with Gasteiger partial charge >= 0.3 is 0 Å². The van der Waals surface area contributed by atoms with Crippen molar-refractivity contribution in [3.05, 3.63) is 60.4 Å². The molecule has 0 saturated carbocycles. The Morgan fingerprint density at radius 3 is 2.46 bits per heavy atom. The zero-order valence-corrected chi connectivity index (χ0v) is 15.8.